The molecule has 134 valence electrons. The molecule has 26 heavy (non-hydrogen) atoms. The zero-order valence-electron chi connectivity index (χ0n) is 14.7. The number of carbonyl (C=O) groups is 1. The van der Waals surface area contributed by atoms with Crippen molar-refractivity contribution in [3.63, 3.8) is 0 Å². The molecule has 1 fully saturated rings. The molecule has 0 aromatic heterocycles. The van der Waals surface area contributed by atoms with Gasteiger partial charge in [0.1, 0.15) is 0 Å². The molecule has 0 saturated carbocycles. The molecule has 0 radical (unpaired) electrons. The van der Waals surface area contributed by atoms with Gasteiger partial charge in [-0.3, -0.25) is 4.79 Å². The zero-order chi connectivity index (χ0) is 18.5. The molecule has 0 spiro atoms. The lowest BCUT2D eigenvalue weighted by Gasteiger charge is -2.20. The lowest BCUT2D eigenvalue weighted by molar-refractivity contribution is -0.115. The van der Waals surface area contributed by atoms with Gasteiger partial charge in [0.15, 0.2) is 5.17 Å². The Morgan fingerprint density at radius 1 is 1.15 bits per heavy atom. The van der Waals surface area contributed by atoms with Crippen molar-refractivity contribution in [2.24, 2.45) is 4.99 Å². The largest absolute Gasteiger partial charge is 0.372 e. The van der Waals surface area contributed by atoms with Crippen LogP contribution in [-0.2, 0) is 4.79 Å². The Bertz CT molecular complexity index is 858. The van der Waals surface area contributed by atoms with Crippen molar-refractivity contribution in [1.29, 1.82) is 0 Å². The van der Waals surface area contributed by atoms with E-state index in [9.17, 15) is 4.79 Å². The molecule has 2 aromatic rings. The molecule has 0 atom stereocenters. The van der Waals surface area contributed by atoms with Crippen LogP contribution in [0.5, 0.6) is 0 Å². The molecule has 1 saturated heterocycles. The van der Waals surface area contributed by atoms with E-state index >= 15 is 0 Å². The molecule has 0 aliphatic carbocycles. The monoisotopic (exact) mass is 477 g/mol. The van der Waals surface area contributed by atoms with E-state index in [0.717, 1.165) is 27.9 Å². The maximum absolute atomic E-state index is 12.2. The van der Waals surface area contributed by atoms with Gasteiger partial charge in [0.25, 0.3) is 5.91 Å². The van der Waals surface area contributed by atoms with Gasteiger partial charge in [-0.05, 0) is 90.2 Å². The van der Waals surface area contributed by atoms with Gasteiger partial charge in [0, 0.05) is 22.3 Å². The zero-order valence-corrected chi connectivity index (χ0v) is 17.7. The van der Waals surface area contributed by atoms with Crippen LogP contribution in [0.3, 0.4) is 0 Å². The molecule has 1 heterocycles. The fraction of sp³-hybridized carbons (Fsp3) is 0.200. The number of amidine groups is 1. The Morgan fingerprint density at radius 3 is 2.54 bits per heavy atom. The highest BCUT2D eigenvalue weighted by molar-refractivity contribution is 14.1. The predicted octanol–water partition coefficient (Wildman–Crippen LogP) is 5.03. The number of rotatable bonds is 5. The Morgan fingerprint density at radius 2 is 1.88 bits per heavy atom. The number of halogens is 1. The molecule has 2 aromatic carbocycles. The van der Waals surface area contributed by atoms with Crippen molar-refractivity contribution >= 4 is 62.9 Å². The maximum Gasteiger partial charge on any atom is 0.264 e. The summed E-state index contributed by atoms with van der Waals surface area (Å²) in [6, 6.07) is 16.2. The standard InChI is InChI=1S/C20H20IN3OS/c1-3-24(4-2)17-10-8-14(9-11-17)12-18-19(25)23-20(26-18)22-16-7-5-6-15(21)13-16/h5-13H,3-4H2,1-2H3,(H,22,23,25)/b18-12+. The quantitative estimate of drug-likeness (QED) is 0.486. The highest BCUT2D eigenvalue weighted by Crippen LogP contribution is 2.29. The van der Waals surface area contributed by atoms with Crippen LogP contribution in [0, 0.1) is 3.57 Å². The van der Waals surface area contributed by atoms with Crippen molar-refractivity contribution < 1.29 is 4.79 Å². The lowest BCUT2D eigenvalue weighted by atomic mass is 10.2. The molecule has 3 rings (SSSR count). The minimum Gasteiger partial charge on any atom is -0.372 e. The van der Waals surface area contributed by atoms with E-state index in [1.807, 2.05) is 42.5 Å². The van der Waals surface area contributed by atoms with Crippen LogP contribution < -0.4 is 10.2 Å². The van der Waals surface area contributed by atoms with Crippen molar-refractivity contribution in [3.8, 4) is 0 Å². The van der Waals surface area contributed by atoms with Crippen LogP contribution in [0.15, 0.2) is 58.4 Å². The minimum absolute atomic E-state index is 0.104. The lowest BCUT2D eigenvalue weighted by Crippen LogP contribution is -2.21. The van der Waals surface area contributed by atoms with Gasteiger partial charge in [0.2, 0.25) is 0 Å². The van der Waals surface area contributed by atoms with E-state index < -0.39 is 0 Å². The predicted molar refractivity (Wildman–Crippen MR) is 120 cm³/mol. The normalized spacial score (nSPS) is 17.0. The van der Waals surface area contributed by atoms with E-state index in [4.69, 9.17) is 0 Å². The van der Waals surface area contributed by atoms with E-state index in [-0.39, 0.29) is 5.91 Å². The van der Waals surface area contributed by atoms with E-state index in [2.05, 4.69) is 63.8 Å². The Labute approximate surface area is 171 Å². The van der Waals surface area contributed by atoms with E-state index in [1.54, 1.807) is 0 Å². The molecule has 1 aliphatic heterocycles. The fourth-order valence-electron chi connectivity index (χ4n) is 2.66. The number of benzene rings is 2. The average molecular weight is 477 g/mol. The summed E-state index contributed by atoms with van der Waals surface area (Å²) < 4.78 is 1.11. The highest BCUT2D eigenvalue weighted by Gasteiger charge is 2.23. The van der Waals surface area contributed by atoms with Gasteiger partial charge < -0.3 is 10.2 Å². The smallest absolute Gasteiger partial charge is 0.264 e. The summed E-state index contributed by atoms with van der Waals surface area (Å²) in [4.78, 5) is 19.7. The van der Waals surface area contributed by atoms with Crippen molar-refractivity contribution in [2.45, 2.75) is 13.8 Å². The number of hydrogen-bond donors (Lipinski definition) is 1. The first-order chi connectivity index (χ1) is 12.6. The summed E-state index contributed by atoms with van der Waals surface area (Å²) in [7, 11) is 0. The molecular weight excluding hydrogens is 457 g/mol. The number of hydrogen-bond acceptors (Lipinski definition) is 4. The number of anilines is 1. The Balaban J connectivity index is 1.76. The third-order valence-corrected chi connectivity index (χ3v) is 5.59. The molecule has 0 unspecified atom stereocenters. The van der Waals surface area contributed by atoms with Gasteiger partial charge in [0.05, 0.1) is 10.6 Å². The van der Waals surface area contributed by atoms with Gasteiger partial charge in [-0.15, -0.1) is 0 Å². The van der Waals surface area contributed by atoms with Crippen LogP contribution in [-0.4, -0.2) is 24.2 Å². The topological polar surface area (TPSA) is 44.7 Å². The van der Waals surface area contributed by atoms with Gasteiger partial charge >= 0.3 is 0 Å². The van der Waals surface area contributed by atoms with Gasteiger partial charge in [-0.2, -0.15) is 0 Å². The highest BCUT2D eigenvalue weighted by atomic mass is 127. The first-order valence-electron chi connectivity index (χ1n) is 8.49. The minimum atomic E-state index is -0.104. The molecule has 0 bridgehead atoms. The second kappa shape index (κ2) is 8.73. The van der Waals surface area contributed by atoms with Gasteiger partial charge in [-0.1, -0.05) is 18.2 Å². The molecule has 1 N–H and O–H groups in total. The molecule has 1 aliphatic rings. The van der Waals surface area contributed by atoms with Gasteiger partial charge in [-0.25, -0.2) is 4.99 Å². The van der Waals surface area contributed by atoms with Crippen LogP contribution >= 0.6 is 34.4 Å². The molecule has 1 amide bonds. The first-order valence-corrected chi connectivity index (χ1v) is 10.4. The number of nitrogens with one attached hydrogen (secondary N) is 1. The SMILES string of the molecule is CCN(CC)c1ccc(/C=C2/SC(=Nc3cccc(I)c3)NC2=O)cc1. The van der Waals surface area contributed by atoms with Crippen molar-refractivity contribution in [2.75, 3.05) is 18.0 Å². The Kier molecular flexibility index (Phi) is 6.37. The summed E-state index contributed by atoms with van der Waals surface area (Å²) in [6.07, 6.45) is 1.91. The number of aliphatic imine (C=N–C) groups is 1. The Hall–Kier alpha value is -1.80. The molecular formula is C20H20IN3OS. The van der Waals surface area contributed by atoms with Crippen LogP contribution in [0.1, 0.15) is 19.4 Å². The third-order valence-electron chi connectivity index (χ3n) is 4.01. The second-order valence-electron chi connectivity index (χ2n) is 5.73. The van der Waals surface area contributed by atoms with Crippen molar-refractivity contribution in [3.05, 3.63) is 62.6 Å². The van der Waals surface area contributed by atoms with E-state index in [0.29, 0.717) is 10.1 Å². The van der Waals surface area contributed by atoms with E-state index in [1.165, 1.54) is 17.4 Å². The van der Waals surface area contributed by atoms with Crippen LogP contribution in [0.2, 0.25) is 0 Å². The summed E-state index contributed by atoms with van der Waals surface area (Å²) in [5.74, 6) is -0.104. The third kappa shape index (κ3) is 4.67. The number of nitrogens with zero attached hydrogens (tertiary/aromatic N) is 2. The first kappa shape index (κ1) is 19.0. The number of carbonyl (C=O) groups excluding carboxylic acids is 1. The summed E-state index contributed by atoms with van der Waals surface area (Å²) in [5.41, 5.74) is 3.04. The second-order valence-corrected chi connectivity index (χ2v) is 8.00. The average Bonchev–Trinajstić information content (AvgIpc) is 2.96. The van der Waals surface area contributed by atoms with Crippen LogP contribution in [0.25, 0.3) is 6.08 Å². The maximum atomic E-state index is 12.2. The van der Waals surface area contributed by atoms with Crippen LogP contribution in [0.4, 0.5) is 11.4 Å². The summed E-state index contributed by atoms with van der Waals surface area (Å²) >= 11 is 3.62. The molecule has 6 heteroatoms. The number of thioether (sulfide) groups is 1. The fourth-order valence-corrected chi connectivity index (χ4v) is 4.03. The van der Waals surface area contributed by atoms with Crippen molar-refractivity contribution in [1.82, 2.24) is 5.32 Å². The number of amides is 1. The summed E-state index contributed by atoms with van der Waals surface area (Å²) in [6.45, 7) is 6.25. The molecule has 4 nitrogen and oxygen atoms in total. The summed E-state index contributed by atoms with van der Waals surface area (Å²) in [5, 5.41) is 3.45.